The summed E-state index contributed by atoms with van der Waals surface area (Å²) in [5.74, 6) is 0.719. The maximum Gasteiger partial charge on any atom is 0.251 e. The first kappa shape index (κ1) is 20.9. The smallest absolute Gasteiger partial charge is 0.251 e. The number of thiazole rings is 1. The van der Waals surface area contributed by atoms with Crippen molar-refractivity contribution in [3.05, 3.63) is 51.5 Å². The molecule has 146 valence electrons. The zero-order valence-electron chi connectivity index (χ0n) is 16.3. The Morgan fingerprint density at radius 2 is 1.96 bits per heavy atom. The third-order valence-electron chi connectivity index (χ3n) is 3.87. The van der Waals surface area contributed by atoms with Crippen molar-refractivity contribution in [3.63, 3.8) is 0 Å². The number of nitrogens with zero attached hydrogens (tertiary/aromatic N) is 2. The highest BCUT2D eigenvalue weighted by molar-refractivity contribution is 7.11. The van der Waals surface area contributed by atoms with Gasteiger partial charge in [-0.25, -0.2) is 9.98 Å². The van der Waals surface area contributed by atoms with Crippen LogP contribution in [0.5, 0.6) is 0 Å². The van der Waals surface area contributed by atoms with Crippen molar-refractivity contribution < 1.29 is 4.79 Å². The van der Waals surface area contributed by atoms with Crippen molar-refractivity contribution in [2.75, 3.05) is 19.6 Å². The summed E-state index contributed by atoms with van der Waals surface area (Å²) in [6.45, 7) is 8.81. The van der Waals surface area contributed by atoms with E-state index in [0.29, 0.717) is 18.7 Å². The van der Waals surface area contributed by atoms with Gasteiger partial charge in [0.1, 0.15) is 0 Å². The Bertz CT molecular complexity index is 756. The quantitative estimate of drug-likeness (QED) is 0.457. The molecule has 27 heavy (non-hydrogen) atoms. The molecule has 1 amide bonds. The van der Waals surface area contributed by atoms with Crippen LogP contribution in [-0.4, -0.2) is 36.5 Å². The summed E-state index contributed by atoms with van der Waals surface area (Å²) in [5.41, 5.74) is 1.67. The van der Waals surface area contributed by atoms with Crippen LogP contribution in [0.1, 0.15) is 46.6 Å². The van der Waals surface area contributed by atoms with E-state index in [1.807, 2.05) is 44.3 Å². The van der Waals surface area contributed by atoms with E-state index in [0.717, 1.165) is 42.5 Å². The van der Waals surface area contributed by atoms with Crippen molar-refractivity contribution in [1.29, 1.82) is 0 Å². The molecular weight excluding hydrogens is 358 g/mol. The van der Waals surface area contributed by atoms with Gasteiger partial charge in [-0.05, 0) is 38.0 Å². The lowest BCUT2D eigenvalue weighted by Gasteiger charge is -2.11. The SMILES string of the molecule is CCNC(=O)c1cccc(CN=C(NCC)NCCc2ncc(CC)s2)c1. The van der Waals surface area contributed by atoms with Gasteiger partial charge in [-0.15, -0.1) is 11.3 Å². The molecule has 2 rings (SSSR count). The first-order valence-corrected chi connectivity index (χ1v) is 10.3. The van der Waals surface area contributed by atoms with E-state index < -0.39 is 0 Å². The molecule has 0 aliphatic rings. The highest BCUT2D eigenvalue weighted by Crippen LogP contribution is 2.13. The summed E-state index contributed by atoms with van der Waals surface area (Å²) in [6.07, 6.45) is 3.87. The Hall–Kier alpha value is -2.41. The molecule has 7 heteroatoms. The van der Waals surface area contributed by atoms with E-state index in [1.54, 1.807) is 11.3 Å². The molecule has 0 unspecified atom stereocenters. The molecule has 0 saturated carbocycles. The van der Waals surface area contributed by atoms with Gasteiger partial charge in [0.2, 0.25) is 0 Å². The highest BCUT2D eigenvalue weighted by atomic mass is 32.1. The highest BCUT2D eigenvalue weighted by Gasteiger charge is 2.05. The summed E-state index contributed by atoms with van der Waals surface area (Å²) in [6, 6.07) is 7.58. The molecule has 0 atom stereocenters. The number of aromatic nitrogens is 1. The molecule has 0 fully saturated rings. The predicted octanol–water partition coefficient (Wildman–Crippen LogP) is 2.75. The second kappa shape index (κ2) is 11.3. The van der Waals surface area contributed by atoms with Crippen molar-refractivity contribution in [3.8, 4) is 0 Å². The fraction of sp³-hybridized carbons (Fsp3) is 0.450. The van der Waals surface area contributed by atoms with E-state index in [-0.39, 0.29) is 5.91 Å². The normalized spacial score (nSPS) is 11.3. The van der Waals surface area contributed by atoms with Gasteiger partial charge in [0, 0.05) is 42.7 Å². The van der Waals surface area contributed by atoms with E-state index >= 15 is 0 Å². The van der Waals surface area contributed by atoms with E-state index in [9.17, 15) is 4.79 Å². The lowest BCUT2D eigenvalue weighted by molar-refractivity contribution is 0.0955. The fourth-order valence-electron chi connectivity index (χ4n) is 2.50. The number of aryl methyl sites for hydroxylation is 1. The maximum absolute atomic E-state index is 12.0. The summed E-state index contributed by atoms with van der Waals surface area (Å²) in [5, 5.41) is 10.6. The lowest BCUT2D eigenvalue weighted by Crippen LogP contribution is -2.38. The van der Waals surface area contributed by atoms with Crippen molar-refractivity contribution in [2.24, 2.45) is 4.99 Å². The number of hydrogen-bond acceptors (Lipinski definition) is 4. The molecule has 0 saturated heterocycles. The van der Waals surface area contributed by atoms with Gasteiger partial charge in [-0.3, -0.25) is 4.79 Å². The number of rotatable bonds is 9. The number of hydrogen-bond donors (Lipinski definition) is 3. The largest absolute Gasteiger partial charge is 0.357 e. The van der Waals surface area contributed by atoms with Gasteiger partial charge in [0.25, 0.3) is 5.91 Å². The fourth-order valence-corrected chi connectivity index (χ4v) is 3.36. The third-order valence-corrected chi connectivity index (χ3v) is 5.07. The average Bonchev–Trinajstić information content (AvgIpc) is 3.14. The molecule has 1 aromatic heterocycles. The van der Waals surface area contributed by atoms with Crippen LogP contribution in [0, 0.1) is 0 Å². The molecule has 0 bridgehead atoms. The minimum Gasteiger partial charge on any atom is -0.357 e. The minimum absolute atomic E-state index is 0.0525. The van der Waals surface area contributed by atoms with Crippen molar-refractivity contribution >= 4 is 23.2 Å². The summed E-state index contributed by atoms with van der Waals surface area (Å²) in [4.78, 5) is 22.4. The average molecular weight is 388 g/mol. The van der Waals surface area contributed by atoms with Crippen LogP contribution >= 0.6 is 11.3 Å². The second-order valence-electron chi connectivity index (χ2n) is 6.01. The monoisotopic (exact) mass is 387 g/mol. The van der Waals surface area contributed by atoms with Crippen molar-refractivity contribution in [1.82, 2.24) is 20.9 Å². The van der Waals surface area contributed by atoms with Gasteiger partial charge in [-0.1, -0.05) is 19.1 Å². The molecular formula is C20H29N5OS. The summed E-state index contributed by atoms with van der Waals surface area (Å²) >= 11 is 1.77. The van der Waals surface area contributed by atoms with Crippen LogP contribution in [0.15, 0.2) is 35.5 Å². The number of carbonyl (C=O) groups is 1. The lowest BCUT2D eigenvalue weighted by atomic mass is 10.1. The molecule has 0 aliphatic heterocycles. The van der Waals surface area contributed by atoms with Gasteiger partial charge in [0.05, 0.1) is 11.6 Å². The number of guanidine groups is 1. The Labute approximate surface area is 165 Å². The van der Waals surface area contributed by atoms with Crippen molar-refractivity contribution in [2.45, 2.75) is 40.2 Å². The van der Waals surface area contributed by atoms with Gasteiger partial charge >= 0.3 is 0 Å². The van der Waals surface area contributed by atoms with Crippen LogP contribution in [0.25, 0.3) is 0 Å². The second-order valence-corrected chi connectivity index (χ2v) is 7.21. The predicted molar refractivity (Wildman–Crippen MR) is 112 cm³/mol. The minimum atomic E-state index is -0.0525. The molecule has 0 aliphatic carbocycles. The number of aliphatic imine (C=N–C) groups is 1. The summed E-state index contributed by atoms with van der Waals surface area (Å²) < 4.78 is 0. The zero-order valence-corrected chi connectivity index (χ0v) is 17.2. The van der Waals surface area contributed by atoms with Gasteiger partial charge in [0.15, 0.2) is 5.96 Å². The molecule has 3 N–H and O–H groups in total. The molecule has 1 aromatic carbocycles. The van der Waals surface area contributed by atoms with E-state index in [4.69, 9.17) is 0 Å². The van der Waals surface area contributed by atoms with Crippen LogP contribution < -0.4 is 16.0 Å². The molecule has 6 nitrogen and oxygen atoms in total. The Balaban J connectivity index is 1.92. The topological polar surface area (TPSA) is 78.4 Å². The van der Waals surface area contributed by atoms with E-state index in [2.05, 4.69) is 32.9 Å². The first-order valence-electron chi connectivity index (χ1n) is 9.49. The molecule has 0 radical (unpaired) electrons. The number of nitrogens with one attached hydrogen (secondary N) is 3. The summed E-state index contributed by atoms with van der Waals surface area (Å²) in [7, 11) is 0. The maximum atomic E-state index is 12.0. The molecule has 0 spiro atoms. The third kappa shape index (κ3) is 7.02. The van der Waals surface area contributed by atoms with E-state index in [1.165, 1.54) is 4.88 Å². The number of benzene rings is 1. The van der Waals surface area contributed by atoms with Gasteiger partial charge in [-0.2, -0.15) is 0 Å². The van der Waals surface area contributed by atoms with Crippen LogP contribution in [-0.2, 0) is 19.4 Å². The Morgan fingerprint density at radius 1 is 1.15 bits per heavy atom. The molecule has 2 aromatic rings. The van der Waals surface area contributed by atoms with Gasteiger partial charge < -0.3 is 16.0 Å². The first-order chi connectivity index (χ1) is 13.2. The zero-order chi connectivity index (χ0) is 19.5. The van der Waals surface area contributed by atoms with Crippen LogP contribution in [0.4, 0.5) is 0 Å². The standard InChI is InChI=1S/C20H29N5OS/c1-4-17-14-24-18(27-17)10-11-23-20(22-6-3)25-13-15-8-7-9-16(12-15)19(26)21-5-2/h7-9,12,14H,4-6,10-11,13H2,1-3H3,(H,21,26)(H2,22,23,25). The van der Waals surface area contributed by atoms with Crippen LogP contribution in [0.3, 0.4) is 0 Å². The number of carbonyl (C=O) groups excluding carboxylic acids is 1. The van der Waals surface area contributed by atoms with Crippen LogP contribution in [0.2, 0.25) is 0 Å². The Kier molecular flexibility index (Phi) is 8.77. The molecule has 1 heterocycles. The number of amides is 1. The Morgan fingerprint density at radius 3 is 2.67 bits per heavy atom.